The number of nitrogens with zero attached hydrogens (tertiary/aromatic N) is 2. The number of likely N-dealkylation sites (tertiary alicyclic amines) is 1. The Bertz CT molecular complexity index is 902. The van der Waals surface area contributed by atoms with E-state index in [4.69, 9.17) is 4.74 Å². The Morgan fingerprint density at radius 3 is 2.79 bits per heavy atom. The molecular weight excluding hydrogens is 387 g/mol. The summed E-state index contributed by atoms with van der Waals surface area (Å²) in [6.45, 7) is 0.463. The third-order valence-electron chi connectivity index (χ3n) is 4.69. The molecule has 0 spiro atoms. The lowest BCUT2D eigenvalue weighted by Crippen LogP contribution is -2.32. The first-order valence-corrected chi connectivity index (χ1v) is 8.97. The Morgan fingerprint density at radius 1 is 1.28 bits per heavy atom. The zero-order chi connectivity index (χ0) is 21.0. The average Bonchev–Trinajstić information content (AvgIpc) is 3.06. The van der Waals surface area contributed by atoms with Crippen LogP contribution in [0.5, 0.6) is 5.88 Å². The van der Waals surface area contributed by atoms with Gasteiger partial charge in [-0.25, -0.2) is 4.98 Å². The van der Waals surface area contributed by atoms with Crippen LogP contribution in [0.1, 0.15) is 23.1 Å². The minimum absolute atomic E-state index is 0.0322. The molecule has 1 aromatic heterocycles. The van der Waals surface area contributed by atoms with Gasteiger partial charge in [-0.3, -0.25) is 9.59 Å². The summed E-state index contributed by atoms with van der Waals surface area (Å²) >= 11 is 0. The highest BCUT2D eigenvalue weighted by molar-refractivity contribution is 5.89. The molecule has 2 heterocycles. The summed E-state index contributed by atoms with van der Waals surface area (Å²) in [6, 6.07) is 8.29. The Hall–Kier alpha value is -3.10. The van der Waals surface area contributed by atoms with Gasteiger partial charge < -0.3 is 15.0 Å². The number of methoxy groups -OCH3 is 1. The second-order valence-corrected chi connectivity index (χ2v) is 6.80. The summed E-state index contributed by atoms with van der Waals surface area (Å²) in [6.07, 6.45) is -2.84. The van der Waals surface area contributed by atoms with Crippen molar-refractivity contribution in [1.29, 1.82) is 0 Å². The zero-order valence-electron chi connectivity index (χ0n) is 15.7. The smallest absolute Gasteiger partial charge is 0.416 e. The SMILES string of the molecule is COc1cc(CNC(=O)C2CC(=O)N(Cc3cccc(C(F)(F)F)c3)C2)ccn1. The van der Waals surface area contributed by atoms with Gasteiger partial charge in [0.1, 0.15) is 0 Å². The van der Waals surface area contributed by atoms with Gasteiger partial charge >= 0.3 is 6.18 Å². The van der Waals surface area contributed by atoms with Gasteiger partial charge in [-0.05, 0) is 29.3 Å². The van der Waals surface area contributed by atoms with E-state index in [1.807, 2.05) is 0 Å². The molecule has 0 bridgehead atoms. The van der Waals surface area contributed by atoms with Crippen molar-refractivity contribution in [3.8, 4) is 5.88 Å². The van der Waals surface area contributed by atoms with Crippen LogP contribution in [0.3, 0.4) is 0 Å². The molecule has 9 heteroatoms. The van der Waals surface area contributed by atoms with Crippen LogP contribution in [0.4, 0.5) is 13.2 Å². The third kappa shape index (κ3) is 5.24. The molecule has 6 nitrogen and oxygen atoms in total. The first-order chi connectivity index (χ1) is 13.8. The number of rotatable bonds is 6. The van der Waals surface area contributed by atoms with Crippen molar-refractivity contribution in [1.82, 2.24) is 15.2 Å². The molecule has 1 atom stereocenters. The maximum atomic E-state index is 12.9. The van der Waals surface area contributed by atoms with Gasteiger partial charge in [0.15, 0.2) is 0 Å². The number of aromatic nitrogens is 1. The largest absolute Gasteiger partial charge is 0.481 e. The number of halogens is 3. The monoisotopic (exact) mass is 407 g/mol. The van der Waals surface area contributed by atoms with E-state index >= 15 is 0 Å². The second kappa shape index (κ2) is 8.50. The average molecular weight is 407 g/mol. The van der Waals surface area contributed by atoms with Crippen molar-refractivity contribution in [2.75, 3.05) is 13.7 Å². The summed E-state index contributed by atoms with van der Waals surface area (Å²) in [5.74, 6) is -0.647. The lowest BCUT2D eigenvalue weighted by molar-refractivity contribution is -0.137. The fourth-order valence-corrected chi connectivity index (χ4v) is 3.17. The van der Waals surface area contributed by atoms with Crippen LogP contribution in [0.25, 0.3) is 0 Å². The molecule has 3 rings (SSSR count). The molecule has 1 unspecified atom stereocenters. The van der Waals surface area contributed by atoms with Crippen molar-refractivity contribution in [2.45, 2.75) is 25.7 Å². The molecule has 1 aliphatic heterocycles. The maximum Gasteiger partial charge on any atom is 0.416 e. The highest BCUT2D eigenvalue weighted by atomic mass is 19.4. The van der Waals surface area contributed by atoms with Crippen LogP contribution in [0, 0.1) is 5.92 Å². The molecule has 2 aromatic rings. The molecule has 29 heavy (non-hydrogen) atoms. The van der Waals surface area contributed by atoms with Gasteiger partial charge in [0.05, 0.1) is 18.6 Å². The Balaban J connectivity index is 1.57. The minimum atomic E-state index is -4.44. The number of carbonyl (C=O) groups excluding carboxylic acids is 2. The minimum Gasteiger partial charge on any atom is -0.481 e. The van der Waals surface area contributed by atoms with Crippen LogP contribution < -0.4 is 10.1 Å². The summed E-state index contributed by atoms with van der Waals surface area (Å²) in [4.78, 5) is 30.0. The van der Waals surface area contributed by atoms with E-state index in [0.717, 1.165) is 17.7 Å². The van der Waals surface area contributed by atoms with Crippen LogP contribution >= 0.6 is 0 Å². The molecule has 1 N–H and O–H groups in total. The predicted molar refractivity (Wildman–Crippen MR) is 97.6 cm³/mol. The van der Waals surface area contributed by atoms with Gasteiger partial charge in [-0.15, -0.1) is 0 Å². The number of hydrogen-bond donors (Lipinski definition) is 1. The van der Waals surface area contributed by atoms with E-state index in [1.165, 1.54) is 24.1 Å². The van der Waals surface area contributed by atoms with Crippen LogP contribution in [-0.2, 0) is 28.9 Å². The van der Waals surface area contributed by atoms with E-state index in [1.54, 1.807) is 18.3 Å². The van der Waals surface area contributed by atoms with Gasteiger partial charge in [-0.2, -0.15) is 13.2 Å². The number of nitrogens with one attached hydrogen (secondary N) is 1. The lowest BCUT2D eigenvalue weighted by Gasteiger charge is -2.17. The number of alkyl halides is 3. The van der Waals surface area contributed by atoms with Gasteiger partial charge in [0.25, 0.3) is 0 Å². The van der Waals surface area contributed by atoms with Crippen LogP contribution in [0.15, 0.2) is 42.6 Å². The number of amides is 2. The molecule has 1 aliphatic rings. The fourth-order valence-electron chi connectivity index (χ4n) is 3.17. The predicted octanol–water partition coefficient (Wildman–Crippen LogP) is 2.77. The van der Waals surface area contributed by atoms with Gasteiger partial charge in [-0.1, -0.05) is 12.1 Å². The molecule has 0 saturated carbocycles. The Morgan fingerprint density at radius 2 is 2.07 bits per heavy atom. The van der Waals surface area contributed by atoms with Crippen molar-refractivity contribution >= 4 is 11.8 Å². The number of benzene rings is 1. The number of hydrogen-bond acceptors (Lipinski definition) is 4. The second-order valence-electron chi connectivity index (χ2n) is 6.80. The van der Waals surface area contributed by atoms with Crippen LogP contribution in [-0.4, -0.2) is 35.4 Å². The maximum absolute atomic E-state index is 12.9. The van der Waals surface area contributed by atoms with Crippen molar-refractivity contribution in [3.63, 3.8) is 0 Å². The van der Waals surface area contributed by atoms with E-state index in [2.05, 4.69) is 10.3 Å². The highest BCUT2D eigenvalue weighted by Gasteiger charge is 2.35. The molecular formula is C20H20F3N3O3. The fraction of sp³-hybridized carbons (Fsp3) is 0.350. The Labute approximate surface area is 165 Å². The third-order valence-corrected chi connectivity index (χ3v) is 4.69. The first kappa shape index (κ1) is 20.6. The number of pyridine rings is 1. The van der Waals surface area contributed by atoms with E-state index < -0.39 is 17.7 Å². The molecule has 1 fully saturated rings. The topological polar surface area (TPSA) is 71.5 Å². The quantitative estimate of drug-likeness (QED) is 0.800. The van der Waals surface area contributed by atoms with E-state index in [-0.39, 0.29) is 37.9 Å². The van der Waals surface area contributed by atoms with E-state index in [0.29, 0.717) is 11.4 Å². The van der Waals surface area contributed by atoms with Gasteiger partial charge in [0.2, 0.25) is 17.7 Å². The van der Waals surface area contributed by atoms with Crippen molar-refractivity contribution in [3.05, 3.63) is 59.3 Å². The molecule has 154 valence electrons. The highest BCUT2D eigenvalue weighted by Crippen LogP contribution is 2.30. The number of ether oxygens (including phenoxy) is 1. The van der Waals surface area contributed by atoms with Crippen molar-refractivity contribution < 1.29 is 27.5 Å². The van der Waals surface area contributed by atoms with Gasteiger partial charge in [0, 0.05) is 38.3 Å². The zero-order valence-corrected chi connectivity index (χ0v) is 15.7. The van der Waals surface area contributed by atoms with E-state index in [9.17, 15) is 22.8 Å². The summed E-state index contributed by atoms with van der Waals surface area (Å²) in [5, 5.41) is 2.78. The molecule has 0 radical (unpaired) electrons. The first-order valence-electron chi connectivity index (χ1n) is 8.97. The van der Waals surface area contributed by atoms with Crippen LogP contribution in [0.2, 0.25) is 0 Å². The summed E-state index contributed by atoms with van der Waals surface area (Å²) < 4.78 is 43.6. The lowest BCUT2D eigenvalue weighted by atomic mass is 10.1. The standard InChI is InChI=1S/C20H20F3N3O3/c1-29-17-8-13(5-6-24-17)10-25-19(28)15-9-18(27)26(12-15)11-14-3-2-4-16(7-14)20(21,22)23/h2-8,15H,9-12H2,1H3,(H,25,28). The molecule has 0 aliphatic carbocycles. The normalized spacial score (nSPS) is 16.8. The number of carbonyl (C=O) groups is 2. The molecule has 2 amide bonds. The molecule has 1 saturated heterocycles. The summed E-state index contributed by atoms with van der Waals surface area (Å²) in [5.41, 5.74) is 0.414. The van der Waals surface area contributed by atoms with Crippen molar-refractivity contribution in [2.24, 2.45) is 5.92 Å². The summed E-state index contributed by atoms with van der Waals surface area (Å²) in [7, 11) is 1.49. The Kier molecular flexibility index (Phi) is 6.05. The molecule has 1 aromatic carbocycles.